The maximum atomic E-state index is 5.89. The first-order chi connectivity index (χ1) is 13.7. The SMILES string of the molecule is CN=C(NCCCOC(C)c1ccccc1)NCc1ccc(OC)c(OC)c1.I. The van der Waals surface area contributed by atoms with Gasteiger partial charge in [-0.25, -0.2) is 0 Å². The summed E-state index contributed by atoms with van der Waals surface area (Å²) in [5.41, 5.74) is 2.28. The Labute approximate surface area is 191 Å². The summed E-state index contributed by atoms with van der Waals surface area (Å²) in [7, 11) is 5.03. The maximum Gasteiger partial charge on any atom is 0.191 e. The first kappa shape index (κ1) is 25.0. The van der Waals surface area contributed by atoms with E-state index in [0.29, 0.717) is 13.2 Å². The van der Waals surface area contributed by atoms with Crippen LogP contribution in [-0.2, 0) is 11.3 Å². The van der Waals surface area contributed by atoms with Crippen molar-refractivity contribution in [1.82, 2.24) is 10.6 Å². The molecular formula is C22H32IN3O3. The summed E-state index contributed by atoms with van der Waals surface area (Å²) in [5, 5.41) is 6.61. The van der Waals surface area contributed by atoms with E-state index in [1.807, 2.05) is 36.4 Å². The summed E-state index contributed by atoms with van der Waals surface area (Å²) in [6, 6.07) is 16.1. The Balaban J connectivity index is 0.00000420. The van der Waals surface area contributed by atoms with Gasteiger partial charge in [-0.1, -0.05) is 36.4 Å². The van der Waals surface area contributed by atoms with Gasteiger partial charge in [-0.2, -0.15) is 0 Å². The zero-order valence-electron chi connectivity index (χ0n) is 17.6. The van der Waals surface area contributed by atoms with Crippen molar-refractivity contribution < 1.29 is 14.2 Å². The zero-order chi connectivity index (χ0) is 20.2. The lowest BCUT2D eigenvalue weighted by Gasteiger charge is -2.15. The molecule has 2 aromatic carbocycles. The molecule has 0 saturated heterocycles. The van der Waals surface area contributed by atoms with Crippen LogP contribution in [0.25, 0.3) is 0 Å². The number of nitrogens with zero attached hydrogens (tertiary/aromatic N) is 1. The second kappa shape index (κ2) is 14.1. The van der Waals surface area contributed by atoms with E-state index in [4.69, 9.17) is 14.2 Å². The summed E-state index contributed by atoms with van der Waals surface area (Å²) in [6.45, 7) is 4.19. The lowest BCUT2D eigenvalue weighted by atomic mass is 10.1. The smallest absolute Gasteiger partial charge is 0.191 e. The van der Waals surface area contributed by atoms with Crippen LogP contribution >= 0.6 is 24.0 Å². The molecule has 2 rings (SSSR count). The van der Waals surface area contributed by atoms with Crippen LogP contribution in [0.2, 0.25) is 0 Å². The minimum absolute atomic E-state index is 0. The van der Waals surface area contributed by atoms with Crippen LogP contribution in [0.4, 0.5) is 0 Å². The topological polar surface area (TPSA) is 64.1 Å². The Kier molecular flexibility index (Phi) is 12.1. The first-order valence-electron chi connectivity index (χ1n) is 9.50. The second-order valence-corrected chi connectivity index (χ2v) is 6.32. The molecule has 0 amide bonds. The highest BCUT2D eigenvalue weighted by atomic mass is 127. The van der Waals surface area contributed by atoms with Crippen LogP contribution in [0.15, 0.2) is 53.5 Å². The number of nitrogens with one attached hydrogen (secondary N) is 2. The molecule has 29 heavy (non-hydrogen) atoms. The molecule has 160 valence electrons. The molecule has 0 aliphatic rings. The minimum atomic E-state index is 0. The second-order valence-electron chi connectivity index (χ2n) is 6.32. The summed E-state index contributed by atoms with van der Waals surface area (Å²) >= 11 is 0. The van der Waals surface area contributed by atoms with Gasteiger partial charge in [0.25, 0.3) is 0 Å². The first-order valence-corrected chi connectivity index (χ1v) is 9.50. The minimum Gasteiger partial charge on any atom is -0.493 e. The molecule has 6 nitrogen and oxygen atoms in total. The van der Waals surface area contributed by atoms with Gasteiger partial charge in [-0.15, -0.1) is 24.0 Å². The van der Waals surface area contributed by atoms with Gasteiger partial charge in [0.1, 0.15) is 0 Å². The van der Waals surface area contributed by atoms with Crippen molar-refractivity contribution in [1.29, 1.82) is 0 Å². The lowest BCUT2D eigenvalue weighted by Crippen LogP contribution is -2.37. The van der Waals surface area contributed by atoms with Gasteiger partial charge in [0, 0.05) is 26.7 Å². The molecule has 0 saturated carbocycles. The predicted octanol–water partition coefficient (Wildman–Crippen LogP) is 4.15. The average Bonchev–Trinajstić information content (AvgIpc) is 2.75. The Morgan fingerprint density at radius 2 is 1.72 bits per heavy atom. The largest absolute Gasteiger partial charge is 0.493 e. The quantitative estimate of drug-likeness (QED) is 0.216. The van der Waals surface area contributed by atoms with Crippen molar-refractivity contribution >= 4 is 29.9 Å². The fourth-order valence-electron chi connectivity index (χ4n) is 2.76. The Morgan fingerprint density at radius 1 is 1.00 bits per heavy atom. The van der Waals surface area contributed by atoms with Crippen LogP contribution in [-0.4, -0.2) is 40.4 Å². The molecule has 0 aliphatic heterocycles. The summed E-state index contributed by atoms with van der Waals surface area (Å²) in [4.78, 5) is 4.26. The molecule has 0 heterocycles. The van der Waals surface area contributed by atoms with Crippen LogP contribution in [0.3, 0.4) is 0 Å². The van der Waals surface area contributed by atoms with E-state index in [9.17, 15) is 0 Å². The molecule has 0 spiro atoms. The van der Waals surface area contributed by atoms with E-state index in [0.717, 1.165) is 36.0 Å². The van der Waals surface area contributed by atoms with Crippen LogP contribution in [0.5, 0.6) is 11.5 Å². The molecule has 2 N–H and O–H groups in total. The van der Waals surface area contributed by atoms with E-state index < -0.39 is 0 Å². The molecule has 0 aromatic heterocycles. The van der Waals surface area contributed by atoms with E-state index in [-0.39, 0.29) is 30.1 Å². The third-order valence-electron chi connectivity index (χ3n) is 4.38. The molecule has 7 heteroatoms. The van der Waals surface area contributed by atoms with Crippen molar-refractivity contribution in [2.75, 3.05) is 34.4 Å². The number of aliphatic imine (C=N–C) groups is 1. The molecule has 0 aliphatic carbocycles. The number of methoxy groups -OCH3 is 2. The van der Waals surface area contributed by atoms with Crippen molar-refractivity contribution in [2.24, 2.45) is 4.99 Å². The van der Waals surface area contributed by atoms with Crippen molar-refractivity contribution in [2.45, 2.75) is 26.0 Å². The van der Waals surface area contributed by atoms with Gasteiger partial charge in [0.05, 0.1) is 20.3 Å². The van der Waals surface area contributed by atoms with Gasteiger partial charge in [0.15, 0.2) is 17.5 Å². The molecular weight excluding hydrogens is 481 g/mol. The number of ether oxygens (including phenoxy) is 3. The van der Waals surface area contributed by atoms with Gasteiger partial charge >= 0.3 is 0 Å². The molecule has 0 bridgehead atoms. The van der Waals surface area contributed by atoms with E-state index in [2.05, 4.69) is 34.7 Å². The Morgan fingerprint density at radius 3 is 2.38 bits per heavy atom. The molecule has 2 aromatic rings. The van der Waals surface area contributed by atoms with Gasteiger partial charge < -0.3 is 24.8 Å². The number of benzene rings is 2. The van der Waals surface area contributed by atoms with Crippen molar-refractivity contribution in [3.8, 4) is 11.5 Å². The van der Waals surface area contributed by atoms with Crippen LogP contribution in [0.1, 0.15) is 30.6 Å². The highest BCUT2D eigenvalue weighted by Crippen LogP contribution is 2.27. The zero-order valence-corrected chi connectivity index (χ0v) is 19.9. The number of halogens is 1. The van der Waals surface area contributed by atoms with Crippen molar-refractivity contribution in [3.05, 3.63) is 59.7 Å². The Hall–Kier alpha value is -2.00. The highest BCUT2D eigenvalue weighted by molar-refractivity contribution is 14.0. The van der Waals surface area contributed by atoms with E-state index in [1.54, 1.807) is 21.3 Å². The van der Waals surface area contributed by atoms with Gasteiger partial charge in [-0.05, 0) is 36.6 Å². The lowest BCUT2D eigenvalue weighted by molar-refractivity contribution is 0.0646. The van der Waals surface area contributed by atoms with E-state index >= 15 is 0 Å². The summed E-state index contributed by atoms with van der Waals surface area (Å²) in [6.07, 6.45) is 0.998. The van der Waals surface area contributed by atoms with E-state index in [1.165, 1.54) is 5.56 Å². The third-order valence-corrected chi connectivity index (χ3v) is 4.38. The average molecular weight is 513 g/mol. The van der Waals surface area contributed by atoms with Gasteiger partial charge in [-0.3, -0.25) is 4.99 Å². The molecule has 0 radical (unpaired) electrons. The van der Waals surface area contributed by atoms with Crippen LogP contribution in [0, 0.1) is 0 Å². The standard InChI is InChI=1S/C22H31N3O3.HI/c1-17(19-9-6-5-7-10-19)28-14-8-13-24-22(23-2)25-16-18-11-12-20(26-3)21(15-18)27-4;/h5-7,9-12,15,17H,8,13-14,16H2,1-4H3,(H2,23,24,25);1H. The fourth-order valence-corrected chi connectivity index (χ4v) is 2.76. The maximum absolute atomic E-state index is 5.89. The summed E-state index contributed by atoms with van der Waals surface area (Å²) in [5.74, 6) is 2.19. The number of hydrogen-bond acceptors (Lipinski definition) is 4. The normalized spacial score (nSPS) is 11.9. The number of rotatable bonds is 10. The Bertz CT molecular complexity index is 741. The van der Waals surface area contributed by atoms with Crippen molar-refractivity contribution in [3.63, 3.8) is 0 Å². The predicted molar refractivity (Wildman–Crippen MR) is 129 cm³/mol. The van der Waals surface area contributed by atoms with Crippen LogP contribution < -0.4 is 20.1 Å². The monoisotopic (exact) mass is 513 g/mol. The fraction of sp³-hybridized carbons (Fsp3) is 0.409. The molecule has 0 fully saturated rings. The highest BCUT2D eigenvalue weighted by Gasteiger charge is 2.06. The summed E-state index contributed by atoms with van der Waals surface area (Å²) < 4.78 is 16.5. The third kappa shape index (κ3) is 8.49. The number of guanidine groups is 1. The number of hydrogen-bond donors (Lipinski definition) is 2. The van der Waals surface area contributed by atoms with Gasteiger partial charge in [0.2, 0.25) is 0 Å². The molecule has 1 atom stereocenters. The molecule has 1 unspecified atom stereocenters.